The number of ether oxygens (including phenoxy) is 1. The van der Waals surface area contributed by atoms with Crippen molar-refractivity contribution in [3.8, 4) is 11.5 Å². The van der Waals surface area contributed by atoms with Crippen LogP contribution in [0.3, 0.4) is 0 Å². The zero-order valence-corrected chi connectivity index (χ0v) is 11.9. The molecule has 2 aromatic carbocycles. The zero-order valence-electron chi connectivity index (χ0n) is 11.1. The van der Waals surface area contributed by atoms with Gasteiger partial charge in [-0.05, 0) is 43.2 Å². The topological polar surface area (TPSA) is 72.5 Å². The minimum Gasteiger partial charge on any atom is -0.478 e. The molecule has 0 radical (unpaired) electrons. The zero-order chi connectivity index (χ0) is 14.9. The number of aromatic carboxylic acids is 1. The maximum absolute atomic E-state index is 11.3. The van der Waals surface area contributed by atoms with Crippen LogP contribution in [-0.4, -0.2) is 11.1 Å². The van der Waals surface area contributed by atoms with E-state index in [9.17, 15) is 9.90 Å². The largest absolute Gasteiger partial charge is 0.478 e. The smallest absolute Gasteiger partial charge is 0.339 e. The van der Waals surface area contributed by atoms with Gasteiger partial charge in [0.2, 0.25) is 0 Å². The van der Waals surface area contributed by atoms with Crippen LogP contribution in [0.15, 0.2) is 30.3 Å². The van der Waals surface area contributed by atoms with Crippen molar-refractivity contribution in [1.29, 1.82) is 0 Å². The number of rotatable bonds is 3. The molecule has 0 aliphatic carbocycles. The average Bonchev–Trinajstić information content (AvgIpc) is 2.37. The van der Waals surface area contributed by atoms with E-state index in [0.717, 1.165) is 11.1 Å². The summed E-state index contributed by atoms with van der Waals surface area (Å²) in [5.74, 6) is -0.472. The molecule has 0 saturated carbocycles. The average molecular weight is 292 g/mol. The summed E-state index contributed by atoms with van der Waals surface area (Å²) in [7, 11) is 0. The number of halogens is 1. The summed E-state index contributed by atoms with van der Waals surface area (Å²) >= 11 is 6.05. The molecule has 3 N–H and O–H groups in total. The Bertz CT molecular complexity index is 683. The summed E-state index contributed by atoms with van der Waals surface area (Å²) in [6.45, 7) is 3.85. The molecule has 0 amide bonds. The molecular weight excluding hydrogens is 278 g/mol. The first kappa shape index (κ1) is 14.2. The number of carboxylic acids is 1. The lowest BCUT2D eigenvalue weighted by Crippen LogP contribution is -2.03. The highest BCUT2D eigenvalue weighted by atomic mass is 35.5. The first-order valence-electron chi connectivity index (χ1n) is 5.96. The highest BCUT2D eigenvalue weighted by Gasteiger charge is 2.18. The van der Waals surface area contributed by atoms with Crippen LogP contribution in [0.4, 0.5) is 5.69 Å². The van der Waals surface area contributed by atoms with Gasteiger partial charge >= 0.3 is 5.97 Å². The Morgan fingerprint density at radius 3 is 2.65 bits per heavy atom. The van der Waals surface area contributed by atoms with Crippen LogP contribution in [-0.2, 0) is 0 Å². The Hall–Kier alpha value is -2.20. The van der Waals surface area contributed by atoms with Gasteiger partial charge in [-0.1, -0.05) is 23.7 Å². The molecule has 104 valence electrons. The van der Waals surface area contributed by atoms with Gasteiger partial charge in [0.05, 0.1) is 5.02 Å². The number of nitrogens with two attached hydrogens (primary N) is 1. The molecule has 0 bridgehead atoms. The number of nitrogen functional groups attached to an aromatic ring is 1. The second-order valence-corrected chi connectivity index (χ2v) is 4.89. The standard InChI is InChI=1S/C15H14ClNO3/c1-8-4-3-5-13(9(8)2)20-14-11(15(18)19)6-10(17)7-12(14)16/h3-7H,17H2,1-2H3,(H,18,19). The molecular formula is C15H14ClNO3. The number of hydrogen-bond acceptors (Lipinski definition) is 3. The molecule has 0 atom stereocenters. The summed E-state index contributed by atoms with van der Waals surface area (Å²) in [6, 6.07) is 8.35. The predicted octanol–water partition coefficient (Wildman–Crippen LogP) is 4.03. The van der Waals surface area contributed by atoms with Gasteiger partial charge in [-0.15, -0.1) is 0 Å². The molecule has 20 heavy (non-hydrogen) atoms. The Kier molecular flexibility index (Phi) is 3.86. The molecule has 0 fully saturated rings. The van der Waals surface area contributed by atoms with Gasteiger partial charge < -0.3 is 15.6 Å². The number of hydrogen-bond donors (Lipinski definition) is 2. The van der Waals surface area contributed by atoms with Gasteiger partial charge in [0.1, 0.15) is 11.3 Å². The predicted molar refractivity (Wildman–Crippen MR) is 78.8 cm³/mol. The van der Waals surface area contributed by atoms with Crippen LogP contribution in [0.2, 0.25) is 5.02 Å². The Labute approximate surface area is 121 Å². The van der Waals surface area contributed by atoms with Crippen molar-refractivity contribution in [1.82, 2.24) is 0 Å². The van der Waals surface area contributed by atoms with E-state index in [4.69, 9.17) is 22.1 Å². The lowest BCUT2D eigenvalue weighted by Gasteiger charge is -2.14. The summed E-state index contributed by atoms with van der Waals surface area (Å²) in [6.07, 6.45) is 0. The van der Waals surface area contributed by atoms with Crippen molar-refractivity contribution in [3.05, 3.63) is 52.0 Å². The quantitative estimate of drug-likeness (QED) is 0.837. The minimum atomic E-state index is -1.14. The Balaban J connectivity index is 2.53. The van der Waals surface area contributed by atoms with Gasteiger partial charge in [0.25, 0.3) is 0 Å². The summed E-state index contributed by atoms with van der Waals surface area (Å²) in [4.78, 5) is 11.3. The molecule has 4 nitrogen and oxygen atoms in total. The second-order valence-electron chi connectivity index (χ2n) is 4.48. The Morgan fingerprint density at radius 1 is 1.30 bits per heavy atom. The number of aryl methyl sites for hydroxylation is 1. The fourth-order valence-electron chi connectivity index (χ4n) is 1.82. The van der Waals surface area contributed by atoms with E-state index in [1.54, 1.807) is 6.07 Å². The van der Waals surface area contributed by atoms with Crippen LogP contribution >= 0.6 is 11.6 Å². The van der Waals surface area contributed by atoms with Crippen LogP contribution in [0, 0.1) is 13.8 Å². The third-order valence-corrected chi connectivity index (χ3v) is 3.34. The van der Waals surface area contributed by atoms with Gasteiger partial charge in [0, 0.05) is 5.69 Å². The SMILES string of the molecule is Cc1cccc(Oc2c(Cl)cc(N)cc2C(=O)O)c1C. The van der Waals surface area contributed by atoms with Crippen LogP contribution < -0.4 is 10.5 Å². The van der Waals surface area contributed by atoms with E-state index in [1.807, 2.05) is 26.0 Å². The summed E-state index contributed by atoms with van der Waals surface area (Å²) in [5, 5.41) is 9.39. The van der Waals surface area contributed by atoms with Crippen molar-refractivity contribution in [2.45, 2.75) is 13.8 Å². The van der Waals surface area contributed by atoms with Gasteiger partial charge in [-0.25, -0.2) is 4.79 Å². The first-order valence-corrected chi connectivity index (χ1v) is 6.34. The number of anilines is 1. The van der Waals surface area contributed by atoms with Gasteiger partial charge in [-0.3, -0.25) is 0 Å². The highest BCUT2D eigenvalue weighted by Crippen LogP contribution is 2.36. The van der Waals surface area contributed by atoms with Crippen molar-refractivity contribution >= 4 is 23.3 Å². The normalized spacial score (nSPS) is 10.3. The maximum Gasteiger partial charge on any atom is 0.339 e. The molecule has 2 rings (SSSR count). The van der Waals surface area contributed by atoms with Crippen molar-refractivity contribution in [2.75, 3.05) is 5.73 Å². The third kappa shape index (κ3) is 2.70. The molecule has 0 aliphatic rings. The summed E-state index contributed by atoms with van der Waals surface area (Å²) < 4.78 is 5.70. The van der Waals surface area contributed by atoms with E-state index < -0.39 is 5.97 Å². The third-order valence-electron chi connectivity index (χ3n) is 3.06. The van der Waals surface area contributed by atoms with Crippen LogP contribution in [0.25, 0.3) is 0 Å². The van der Waals surface area contributed by atoms with Crippen LogP contribution in [0.5, 0.6) is 11.5 Å². The fraction of sp³-hybridized carbons (Fsp3) is 0.133. The minimum absolute atomic E-state index is 0.0593. The van der Waals surface area contributed by atoms with E-state index in [0.29, 0.717) is 5.75 Å². The van der Waals surface area contributed by atoms with E-state index in [1.165, 1.54) is 12.1 Å². The first-order chi connectivity index (χ1) is 9.40. The molecule has 0 heterocycles. The fourth-order valence-corrected chi connectivity index (χ4v) is 2.09. The number of carboxylic acid groups (broad SMARTS) is 1. The van der Waals surface area contributed by atoms with Crippen molar-refractivity contribution < 1.29 is 14.6 Å². The second kappa shape index (κ2) is 5.43. The summed E-state index contributed by atoms with van der Waals surface area (Å²) in [5.41, 5.74) is 7.80. The molecule has 0 aliphatic heterocycles. The van der Waals surface area contributed by atoms with E-state index >= 15 is 0 Å². The van der Waals surface area contributed by atoms with E-state index in [-0.39, 0.29) is 22.0 Å². The van der Waals surface area contributed by atoms with Gasteiger partial charge in [-0.2, -0.15) is 0 Å². The van der Waals surface area contributed by atoms with Gasteiger partial charge in [0.15, 0.2) is 5.75 Å². The van der Waals surface area contributed by atoms with Crippen molar-refractivity contribution in [2.24, 2.45) is 0 Å². The highest BCUT2D eigenvalue weighted by molar-refractivity contribution is 6.33. The lowest BCUT2D eigenvalue weighted by atomic mass is 10.1. The molecule has 0 unspecified atom stereocenters. The molecule has 0 aromatic heterocycles. The maximum atomic E-state index is 11.3. The molecule has 2 aromatic rings. The molecule has 5 heteroatoms. The van der Waals surface area contributed by atoms with Crippen LogP contribution in [0.1, 0.15) is 21.5 Å². The molecule has 0 saturated heterocycles. The Morgan fingerprint density at radius 2 is 2.00 bits per heavy atom. The van der Waals surface area contributed by atoms with Crippen molar-refractivity contribution in [3.63, 3.8) is 0 Å². The lowest BCUT2D eigenvalue weighted by molar-refractivity contribution is 0.0694. The monoisotopic (exact) mass is 291 g/mol. The van der Waals surface area contributed by atoms with E-state index in [2.05, 4.69) is 0 Å². The number of carbonyl (C=O) groups is 1. The molecule has 0 spiro atoms. The number of benzene rings is 2.